The molecule has 0 saturated heterocycles. The molecule has 0 radical (unpaired) electrons. The Morgan fingerprint density at radius 2 is 1.74 bits per heavy atom. The van der Waals surface area contributed by atoms with Crippen molar-refractivity contribution in [3.63, 3.8) is 0 Å². The van der Waals surface area contributed by atoms with Crippen molar-refractivity contribution in [1.29, 1.82) is 5.26 Å². The molecule has 27 heavy (non-hydrogen) atoms. The molecule has 0 spiro atoms. The molecule has 0 aromatic heterocycles. The van der Waals surface area contributed by atoms with Gasteiger partial charge >= 0.3 is 0 Å². The van der Waals surface area contributed by atoms with E-state index in [0.717, 1.165) is 27.1 Å². The van der Waals surface area contributed by atoms with E-state index in [0.29, 0.717) is 24.5 Å². The van der Waals surface area contributed by atoms with E-state index >= 15 is 0 Å². The topological polar surface area (TPSA) is 42.2 Å². The van der Waals surface area contributed by atoms with Gasteiger partial charge in [-0.1, -0.05) is 60.7 Å². The number of hydrogen-bond donors (Lipinski definition) is 1. The zero-order chi connectivity index (χ0) is 18.9. The van der Waals surface area contributed by atoms with Gasteiger partial charge < -0.3 is 9.47 Å². The molecule has 3 aromatic rings. The third kappa shape index (κ3) is 2.85. The van der Waals surface area contributed by atoms with Crippen molar-refractivity contribution in [2.24, 2.45) is 0 Å². The van der Waals surface area contributed by atoms with Gasteiger partial charge in [0.05, 0.1) is 18.1 Å². The fourth-order valence-electron chi connectivity index (χ4n) is 3.66. The molecule has 134 valence electrons. The van der Waals surface area contributed by atoms with E-state index in [1.165, 1.54) is 0 Å². The summed E-state index contributed by atoms with van der Waals surface area (Å²) in [5.74, 6) is 1.23. The van der Waals surface area contributed by atoms with Gasteiger partial charge in [-0.2, -0.15) is 5.26 Å². The minimum absolute atomic E-state index is 0.425. The fourth-order valence-corrected chi connectivity index (χ4v) is 4.06. The highest BCUT2D eigenvalue weighted by Crippen LogP contribution is 2.53. The highest BCUT2D eigenvalue weighted by atomic mass is 32.1. The summed E-state index contributed by atoms with van der Waals surface area (Å²) < 4.78 is 11.6. The van der Waals surface area contributed by atoms with Crippen LogP contribution in [0.3, 0.4) is 0 Å². The second-order valence-corrected chi connectivity index (χ2v) is 7.06. The second-order valence-electron chi connectivity index (χ2n) is 6.62. The van der Waals surface area contributed by atoms with Crippen LogP contribution in [0, 0.1) is 11.3 Å². The molecule has 3 nitrogen and oxygen atoms in total. The Morgan fingerprint density at radius 1 is 1.07 bits per heavy atom. The zero-order valence-corrected chi connectivity index (χ0v) is 15.9. The number of benzene rings is 3. The molecule has 0 aliphatic heterocycles. The first-order valence-corrected chi connectivity index (χ1v) is 9.21. The maximum atomic E-state index is 10.0. The van der Waals surface area contributed by atoms with Crippen LogP contribution >= 0.6 is 12.6 Å². The number of nitrogens with zero attached hydrogens (tertiary/aromatic N) is 1. The van der Waals surface area contributed by atoms with E-state index in [2.05, 4.69) is 18.7 Å². The molecule has 0 heterocycles. The number of thiol groups is 1. The van der Waals surface area contributed by atoms with E-state index in [1.807, 2.05) is 66.7 Å². The number of nitriles is 1. The molecule has 0 amide bonds. The van der Waals surface area contributed by atoms with Crippen LogP contribution in [0.15, 0.2) is 71.6 Å². The quantitative estimate of drug-likeness (QED) is 0.645. The molecule has 0 fully saturated rings. The summed E-state index contributed by atoms with van der Waals surface area (Å²) in [6.45, 7) is 0.425. The largest absolute Gasteiger partial charge is 0.492 e. The molecule has 0 N–H and O–H groups in total. The van der Waals surface area contributed by atoms with Gasteiger partial charge in [0, 0.05) is 6.42 Å². The summed E-state index contributed by atoms with van der Waals surface area (Å²) in [6.07, 6.45) is 0.622. The molecule has 4 rings (SSSR count). The van der Waals surface area contributed by atoms with Crippen molar-refractivity contribution in [3.05, 3.63) is 89.0 Å². The monoisotopic (exact) mass is 373 g/mol. The van der Waals surface area contributed by atoms with Gasteiger partial charge in [0.15, 0.2) is 11.5 Å². The highest BCUT2D eigenvalue weighted by Gasteiger charge is 2.47. The summed E-state index contributed by atoms with van der Waals surface area (Å²) in [7, 11) is 1.62. The number of rotatable bonds is 5. The minimum Gasteiger partial charge on any atom is -0.492 e. The standard InChI is InChI=1S/C23H19NO2S/c1-25-21-20(26-14-16-8-4-2-5-9-16)12-19-18(22(21)27)13-23(19,15-24)17-10-6-3-7-11-17/h2-12,27H,13-14H2,1H3. The summed E-state index contributed by atoms with van der Waals surface area (Å²) in [4.78, 5) is 0.750. The van der Waals surface area contributed by atoms with E-state index in [4.69, 9.17) is 9.47 Å². The maximum Gasteiger partial charge on any atom is 0.174 e. The molecule has 3 aromatic carbocycles. The minimum atomic E-state index is -0.662. The number of methoxy groups -OCH3 is 1. The number of ether oxygens (including phenoxy) is 2. The maximum absolute atomic E-state index is 10.0. The first kappa shape index (κ1) is 17.5. The SMILES string of the molecule is COc1c(OCc2ccccc2)cc2c(c1S)CC2(C#N)c1ccccc1. The van der Waals surface area contributed by atoms with Gasteiger partial charge in [-0.3, -0.25) is 0 Å². The zero-order valence-electron chi connectivity index (χ0n) is 15.0. The van der Waals surface area contributed by atoms with E-state index in [1.54, 1.807) is 7.11 Å². The van der Waals surface area contributed by atoms with E-state index in [-0.39, 0.29) is 0 Å². The summed E-state index contributed by atoms with van der Waals surface area (Å²) in [5, 5.41) is 10.0. The van der Waals surface area contributed by atoms with E-state index in [9.17, 15) is 5.26 Å². The molecule has 4 heteroatoms. The third-order valence-electron chi connectivity index (χ3n) is 5.13. The Bertz CT molecular complexity index is 1010. The predicted molar refractivity (Wildman–Crippen MR) is 108 cm³/mol. The molecule has 0 saturated carbocycles. The average Bonchev–Trinajstić information content (AvgIpc) is 2.71. The first-order chi connectivity index (χ1) is 13.2. The second kappa shape index (κ2) is 7.02. The third-order valence-corrected chi connectivity index (χ3v) is 5.60. The Hall–Kier alpha value is -2.90. The predicted octanol–water partition coefficient (Wildman–Crippen LogP) is 4.93. The lowest BCUT2D eigenvalue weighted by Crippen LogP contribution is -2.39. The Labute approximate surface area is 164 Å². The number of hydrogen-bond acceptors (Lipinski definition) is 4. The summed E-state index contributed by atoms with van der Waals surface area (Å²) >= 11 is 4.68. The van der Waals surface area contributed by atoms with Crippen LogP contribution in [0.5, 0.6) is 11.5 Å². The normalized spacial score (nSPS) is 17.4. The Kier molecular flexibility index (Phi) is 4.55. The lowest BCUT2D eigenvalue weighted by Gasteiger charge is -2.40. The van der Waals surface area contributed by atoms with Crippen molar-refractivity contribution in [3.8, 4) is 17.6 Å². The van der Waals surface area contributed by atoms with Crippen LogP contribution in [0.1, 0.15) is 22.3 Å². The number of fused-ring (bicyclic) bond motifs is 1. The van der Waals surface area contributed by atoms with Crippen LogP contribution in [0.25, 0.3) is 0 Å². The van der Waals surface area contributed by atoms with E-state index < -0.39 is 5.41 Å². The van der Waals surface area contributed by atoms with Crippen LogP contribution < -0.4 is 9.47 Å². The smallest absolute Gasteiger partial charge is 0.174 e. The van der Waals surface area contributed by atoms with Gasteiger partial charge in [0.2, 0.25) is 0 Å². The van der Waals surface area contributed by atoms with Crippen molar-refractivity contribution in [2.75, 3.05) is 7.11 Å². The molecular weight excluding hydrogens is 354 g/mol. The molecular formula is C23H19NO2S. The average molecular weight is 373 g/mol. The molecule has 1 unspecified atom stereocenters. The molecule has 1 atom stereocenters. The van der Waals surface area contributed by atoms with Crippen LogP contribution in [-0.4, -0.2) is 7.11 Å². The molecule has 0 bridgehead atoms. The molecule has 1 aliphatic carbocycles. The van der Waals surface area contributed by atoms with Crippen molar-refractivity contribution < 1.29 is 9.47 Å². The Morgan fingerprint density at radius 3 is 2.37 bits per heavy atom. The van der Waals surface area contributed by atoms with Crippen molar-refractivity contribution >= 4 is 12.6 Å². The van der Waals surface area contributed by atoms with Gasteiger partial charge in [-0.25, -0.2) is 0 Å². The van der Waals surface area contributed by atoms with Crippen LogP contribution in [0.2, 0.25) is 0 Å². The lowest BCUT2D eigenvalue weighted by atomic mass is 9.61. The van der Waals surface area contributed by atoms with Gasteiger partial charge in [0.1, 0.15) is 12.0 Å². The fraction of sp³-hybridized carbons (Fsp3) is 0.174. The summed E-state index contributed by atoms with van der Waals surface area (Å²) in [6, 6.07) is 24.3. The Balaban J connectivity index is 1.75. The summed E-state index contributed by atoms with van der Waals surface area (Å²) in [5.41, 5.74) is 3.40. The van der Waals surface area contributed by atoms with Gasteiger partial charge in [-0.15, -0.1) is 12.6 Å². The van der Waals surface area contributed by atoms with Gasteiger partial charge in [-0.05, 0) is 28.3 Å². The molecule has 1 aliphatic rings. The van der Waals surface area contributed by atoms with Crippen LogP contribution in [0.4, 0.5) is 0 Å². The lowest BCUT2D eigenvalue weighted by molar-refractivity contribution is 0.278. The van der Waals surface area contributed by atoms with Gasteiger partial charge in [0.25, 0.3) is 0 Å². The van der Waals surface area contributed by atoms with Crippen LogP contribution in [-0.2, 0) is 18.4 Å². The van der Waals surface area contributed by atoms with Crippen molar-refractivity contribution in [2.45, 2.75) is 23.3 Å². The first-order valence-electron chi connectivity index (χ1n) is 8.76. The highest BCUT2D eigenvalue weighted by molar-refractivity contribution is 7.80. The van der Waals surface area contributed by atoms with Crippen molar-refractivity contribution in [1.82, 2.24) is 0 Å².